The average Bonchev–Trinajstić information content (AvgIpc) is 3.11. The highest BCUT2D eigenvalue weighted by atomic mass is 32.2. The van der Waals surface area contributed by atoms with Crippen LogP contribution in [0.2, 0.25) is 0 Å². The van der Waals surface area contributed by atoms with E-state index in [-0.39, 0.29) is 5.56 Å². The molecule has 2 heterocycles. The number of aromatic carboxylic acids is 1. The molecule has 5 nitrogen and oxygen atoms in total. The van der Waals surface area contributed by atoms with Gasteiger partial charge in [-0.25, -0.2) is 4.79 Å². The Morgan fingerprint density at radius 2 is 2.35 bits per heavy atom. The first kappa shape index (κ1) is 12.9. The van der Waals surface area contributed by atoms with Gasteiger partial charge in [0, 0.05) is 11.3 Å². The number of allylic oxidation sites excluding steroid dienone is 2. The predicted octanol–water partition coefficient (Wildman–Crippen LogP) is 3.00. The van der Waals surface area contributed by atoms with Gasteiger partial charge in [-0.1, -0.05) is 23.4 Å². The van der Waals surface area contributed by atoms with Crippen molar-refractivity contribution >= 4 is 17.7 Å². The summed E-state index contributed by atoms with van der Waals surface area (Å²) in [5, 5.41) is 12.9. The second-order valence-corrected chi connectivity index (χ2v) is 5.60. The average molecular weight is 288 g/mol. The lowest BCUT2D eigenvalue weighted by atomic mass is 10.1. The van der Waals surface area contributed by atoms with Gasteiger partial charge in [-0.2, -0.15) is 4.98 Å². The molecule has 0 bridgehead atoms. The van der Waals surface area contributed by atoms with Crippen LogP contribution in [0.5, 0.6) is 0 Å². The van der Waals surface area contributed by atoms with Gasteiger partial charge in [-0.05, 0) is 23.5 Å². The Labute approximate surface area is 119 Å². The maximum Gasteiger partial charge on any atom is 0.335 e. The van der Waals surface area contributed by atoms with Crippen LogP contribution in [0.1, 0.15) is 22.7 Å². The van der Waals surface area contributed by atoms with E-state index >= 15 is 0 Å². The monoisotopic (exact) mass is 288 g/mol. The Morgan fingerprint density at radius 3 is 3.10 bits per heavy atom. The number of carbonyl (C=O) groups is 1. The fourth-order valence-electron chi connectivity index (χ4n) is 1.98. The van der Waals surface area contributed by atoms with E-state index in [1.165, 1.54) is 11.0 Å². The third-order valence-corrected chi connectivity index (χ3v) is 4.06. The van der Waals surface area contributed by atoms with Gasteiger partial charge < -0.3 is 9.63 Å². The van der Waals surface area contributed by atoms with E-state index in [0.717, 1.165) is 12.2 Å². The van der Waals surface area contributed by atoms with E-state index in [1.807, 2.05) is 0 Å². The highest BCUT2D eigenvalue weighted by molar-refractivity contribution is 8.03. The SMILES string of the molecule is O=C(O)c1cccc(-c2noc(CC3=CCCS3)n2)c1. The lowest BCUT2D eigenvalue weighted by Gasteiger charge is -1.97. The standard InChI is InChI=1S/C14H12N2O3S/c17-14(18)10-4-1-3-9(7-10)13-15-12(19-16-13)8-11-5-2-6-20-11/h1,3-5,7H,2,6,8H2,(H,17,18). The quantitative estimate of drug-likeness (QED) is 0.932. The Bertz CT molecular complexity index is 679. The summed E-state index contributed by atoms with van der Waals surface area (Å²) < 4.78 is 5.22. The van der Waals surface area contributed by atoms with Gasteiger partial charge in [0.15, 0.2) is 0 Å². The van der Waals surface area contributed by atoms with Gasteiger partial charge in [-0.3, -0.25) is 0 Å². The summed E-state index contributed by atoms with van der Waals surface area (Å²) in [7, 11) is 0. The summed E-state index contributed by atoms with van der Waals surface area (Å²) in [6, 6.07) is 6.52. The van der Waals surface area contributed by atoms with Gasteiger partial charge in [0.2, 0.25) is 11.7 Å². The molecule has 0 atom stereocenters. The Kier molecular flexibility index (Phi) is 3.56. The molecule has 1 N–H and O–H groups in total. The largest absolute Gasteiger partial charge is 0.478 e. The third-order valence-electron chi connectivity index (χ3n) is 2.94. The van der Waals surface area contributed by atoms with Crippen molar-refractivity contribution in [3.63, 3.8) is 0 Å². The normalized spacial score (nSPS) is 14.3. The molecule has 0 fully saturated rings. The minimum absolute atomic E-state index is 0.211. The zero-order chi connectivity index (χ0) is 13.9. The smallest absolute Gasteiger partial charge is 0.335 e. The van der Waals surface area contributed by atoms with Gasteiger partial charge in [0.05, 0.1) is 12.0 Å². The number of aromatic nitrogens is 2. The van der Waals surface area contributed by atoms with Gasteiger partial charge >= 0.3 is 5.97 Å². The Morgan fingerprint density at radius 1 is 1.45 bits per heavy atom. The molecule has 20 heavy (non-hydrogen) atoms. The number of carboxylic acid groups (broad SMARTS) is 1. The number of benzene rings is 1. The minimum Gasteiger partial charge on any atom is -0.478 e. The summed E-state index contributed by atoms with van der Waals surface area (Å²) in [5.41, 5.74) is 0.857. The number of carboxylic acids is 1. The second kappa shape index (κ2) is 5.50. The van der Waals surface area contributed by atoms with Gasteiger partial charge in [0.1, 0.15) is 0 Å². The van der Waals surface area contributed by atoms with E-state index in [9.17, 15) is 4.79 Å². The fourth-order valence-corrected chi connectivity index (χ4v) is 2.94. The summed E-state index contributed by atoms with van der Waals surface area (Å²) in [4.78, 5) is 16.5. The van der Waals surface area contributed by atoms with Crippen LogP contribution >= 0.6 is 11.8 Å². The second-order valence-electron chi connectivity index (χ2n) is 4.38. The van der Waals surface area contributed by atoms with Gasteiger partial charge in [-0.15, -0.1) is 11.8 Å². The first-order chi connectivity index (χ1) is 9.72. The molecule has 0 spiro atoms. The molecule has 0 saturated carbocycles. The molecule has 0 unspecified atom stereocenters. The van der Waals surface area contributed by atoms with Crippen molar-refractivity contribution in [2.75, 3.05) is 5.75 Å². The van der Waals surface area contributed by atoms with E-state index in [0.29, 0.717) is 23.7 Å². The highest BCUT2D eigenvalue weighted by Gasteiger charge is 2.14. The predicted molar refractivity (Wildman–Crippen MR) is 75.6 cm³/mol. The van der Waals surface area contributed by atoms with Crippen molar-refractivity contribution in [2.24, 2.45) is 0 Å². The van der Waals surface area contributed by atoms with Crippen LogP contribution in [0.3, 0.4) is 0 Å². The maximum absolute atomic E-state index is 10.9. The molecule has 1 aliphatic rings. The molecule has 1 aliphatic heterocycles. The molecule has 1 aromatic carbocycles. The molecular formula is C14H12N2O3S. The van der Waals surface area contributed by atoms with Crippen molar-refractivity contribution in [3.05, 3.63) is 46.7 Å². The lowest BCUT2D eigenvalue weighted by Crippen LogP contribution is -1.96. The number of hydrogen-bond donors (Lipinski definition) is 1. The molecule has 6 heteroatoms. The van der Waals surface area contributed by atoms with Crippen molar-refractivity contribution in [1.29, 1.82) is 0 Å². The zero-order valence-corrected chi connectivity index (χ0v) is 11.4. The van der Waals surface area contributed by atoms with Crippen molar-refractivity contribution in [1.82, 2.24) is 10.1 Å². The van der Waals surface area contributed by atoms with Crippen LogP contribution in [-0.4, -0.2) is 27.0 Å². The Balaban J connectivity index is 1.82. The van der Waals surface area contributed by atoms with Crippen LogP contribution in [0.25, 0.3) is 11.4 Å². The lowest BCUT2D eigenvalue weighted by molar-refractivity contribution is 0.0697. The summed E-state index contributed by atoms with van der Waals surface area (Å²) in [5.74, 6) is 1.12. The van der Waals surface area contributed by atoms with Crippen LogP contribution < -0.4 is 0 Å². The molecule has 2 aromatic rings. The number of hydrogen-bond acceptors (Lipinski definition) is 5. The molecular weight excluding hydrogens is 276 g/mol. The number of nitrogens with zero attached hydrogens (tertiary/aromatic N) is 2. The van der Waals surface area contributed by atoms with E-state index in [1.54, 1.807) is 30.0 Å². The van der Waals surface area contributed by atoms with Crippen LogP contribution in [0.4, 0.5) is 0 Å². The summed E-state index contributed by atoms with van der Waals surface area (Å²) >= 11 is 1.80. The Hall–Kier alpha value is -2.08. The van der Waals surface area contributed by atoms with Gasteiger partial charge in [0.25, 0.3) is 0 Å². The summed E-state index contributed by atoms with van der Waals surface area (Å²) in [6.45, 7) is 0. The number of rotatable bonds is 4. The highest BCUT2D eigenvalue weighted by Crippen LogP contribution is 2.28. The topological polar surface area (TPSA) is 76.2 Å². The molecule has 0 saturated heterocycles. The fraction of sp³-hybridized carbons (Fsp3) is 0.214. The van der Waals surface area contributed by atoms with Crippen LogP contribution in [0.15, 0.2) is 39.8 Å². The molecule has 0 amide bonds. The molecule has 0 aliphatic carbocycles. The van der Waals surface area contributed by atoms with E-state index < -0.39 is 5.97 Å². The number of thioether (sulfide) groups is 1. The first-order valence-corrected chi connectivity index (χ1v) is 7.19. The van der Waals surface area contributed by atoms with E-state index in [4.69, 9.17) is 9.63 Å². The van der Waals surface area contributed by atoms with Crippen molar-refractivity contribution in [2.45, 2.75) is 12.8 Å². The summed E-state index contributed by atoms with van der Waals surface area (Å²) in [6.07, 6.45) is 3.91. The molecule has 1 aromatic heterocycles. The van der Waals surface area contributed by atoms with Crippen LogP contribution in [-0.2, 0) is 6.42 Å². The molecule has 3 rings (SSSR count). The minimum atomic E-state index is -0.969. The molecule has 0 radical (unpaired) electrons. The maximum atomic E-state index is 10.9. The molecule has 102 valence electrons. The van der Waals surface area contributed by atoms with Crippen LogP contribution in [0, 0.1) is 0 Å². The first-order valence-electron chi connectivity index (χ1n) is 6.20. The van der Waals surface area contributed by atoms with Crippen molar-refractivity contribution in [3.8, 4) is 11.4 Å². The third kappa shape index (κ3) is 2.75. The zero-order valence-electron chi connectivity index (χ0n) is 10.6. The van der Waals surface area contributed by atoms with Crippen molar-refractivity contribution < 1.29 is 14.4 Å². The van der Waals surface area contributed by atoms with E-state index in [2.05, 4.69) is 16.2 Å².